The second-order valence-electron chi connectivity index (χ2n) is 4.11. The van der Waals surface area contributed by atoms with Gasteiger partial charge in [0.2, 0.25) is 10.0 Å². The van der Waals surface area contributed by atoms with E-state index in [1.807, 2.05) is 0 Å². The summed E-state index contributed by atoms with van der Waals surface area (Å²) in [5.41, 5.74) is 5.36. The number of unbranched alkanes of at least 4 members (excludes halogenated alkanes) is 2. The lowest BCUT2D eigenvalue weighted by Crippen LogP contribution is -2.28. The fourth-order valence-electron chi connectivity index (χ4n) is 1.60. The van der Waals surface area contributed by atoms with Crippen molar-refractivity contribution in [2.45, 2.75) is 24.2 Å². The van der Waals surface area contributed by atoms with Gasteiger partial charge in [-0.3, -0.25) is 0 Å². The third-order valence-corrected chi connectivity index (χ3v) is 4.59. The van der Waals surface area contributed by atoms with E-state index in [0.717, 1.165) is 25.3 Å². The molecule has 2 N–H and O–H groups in total. The molecule has 0 unspecified atom stereocenters. The van der Waals surface area contributed by atoms with Crippen molar-refractivity contribution < 1.29 is 12.8 Å². The standard InChI is InChI=1S/C12H19FN2O2S/c1-15(10-6-2-5-9-14)18(16,17)12-8-4-3-7-11(12)13/h3-4,7-8H,2,5-6,9-10,14H2,1H3. The molecule has 0 fully saturated rings. The van der Waals surface area contributed by atoms with Crippen LogP contribution in [-0.2, 0) is 10.0 Å². The summed E-state index contributed by atoms with van der Waals surface area (Å²) < 4.78 is 38.8. The van der Waals surface area contributed by atoms with Gasteiger partial charge in [0.1, 0.15) is 10.7 Å². The van der Waals surface area contributed by atoms with Crippen LogP contribution in [0.1, 0.15) is 19.3 Å². The Morgan fingerprint density at radius 3 is 2.50 bits per heavy atom. The third-order valence-electron chi connectivity index (χ3n) is 2.70. The molecule has 1 rings (SSSR count). The van der Waals surface area contributed by atoms with Crippen molar-refractivity contribution in [2.75, 3.05) is 20.1 Å². The van der Waals surface area contributed by atoms with Gasteiger partial charge in [-0.25, -0.2) is 17.1 Å². The van der Waals surface area contributed by atoms with E-state index in [9.17, 15) is 12.8 Å². The number of hydrogen-bond acceptors (Lipinski definition) is 3. The molecule has 0 saturated heterocycles. The first-order valence-corrected chi connectivity index (χ1v) is 7.35. The first kappa shape index (κ1) is 15.1. The Bertz CT molecular complexity index is 477. The van der Waals surface area contributed by atoms with E-state index >= 15 is 0 Å². The maximum absolute atomic E-state index is 13.5. The van der Waals surface area contributed by atoms with Crippen LogP contribution in [0.5, 0.6) is 0 Å². The van der Waals surface area contributed by atoms with E-state index in [-0.39, 0.29) is 4.90 Å². The number of hydrogen-bond donors (Lipinski definition) is 1. The fourth-order valence-corrected chi connectivity index (χ4v) is 2.87. The Morgan fingerprint density at radius 1 is 1.22 bits per heavy atom. The topological polar surface area (TPSA) is 63.4 Å². The summed E-state index contributed by atoms with van der Waals surface area (Å²) in [7, 11) is -2.27. The van der Waals surface area contributed by atoms with Crippen LogP contribution in [0.15, 0.2) is 29.2 Å². The van der Waals surface area contributed by atoms with Gasteiger partial charge in [-0.05, 0) is 31.5 Å². The predicted octanol–water partition coefficient (Wildman–Crippen LogP) is 1.58. The highest BCUT2D eigenvalue weighted by molar-refractivity contribution is 7.89. The Balaban J connectivity index is 2.72. The van der Waals surface area contributed by atoms with E-state index in [0.29, 0.717) is 13.1 Å². The summed E-state index contributed by atoms with van der Waals surface area (Å²) >= 11 is 0. The third kappa shape index (κ3) is 3.76. The Morgan fingerprint density at radius 2 is 1.89 bits per heavy atom. The van der Waals surface area contributed by atoms with Gasteiger partial charge >= 0.3 is 0 Å². The quantitative estimate of drug-likeness (QED) is 0.768. The van der Waals surface area contributed by atoms with Crippen LogP contribution < -0.4 is 5.73 Å². The largest absolute Gasteiger partial charge is 0.330 e. The molecule has 6 heteroatoms. The Labute approximate surface area is 108 Å². The number of nitrogens with two attached hydrogens (primary N) is 1. The van der Waals surface area contributed by atoms with Crippen molar-refractivity contribution >= 4 is 10.0 Å². The van der Waals surface area contributed by atoms with E-state index in [1.165, 1.54) is 29.6 Å². The molecule has 0 aliphatic carbocycles. The molecule has 1 aromatic carbocycles. The molecule has 0 radical (unpaired) electrons. The molecular formula is C12H19FN2O2S. The van der Waals surface area contributed by atoms with Gasteiger partial charge in [0.25, 0.3) is 0 Å². The molecule has 1 aromatic rings. The zero-order chi connectivity index (χ0) is 13.6. The summed E-state index contributed by atoms with van der Waals surface area (Å²) in [6.07, 6.45) is 2.46. The summed E-state index contributed by atoms with van der Waals surface area (Å²) in [5.74, 6) is -0.716. The molecule has 102 valence electrons. The van der Waals surface area contributed by atoms with Gasteiger partial charge in [0, 0.05) is 13.6 Å². The highest BCUT2D eigenvalue weighted by Crippen LogP contribution is 2.18. The van der Waals surface area contributed by atoms with Crippen molar-refractivity contribution in [3.63, 3.8) is 0 Å². The SMILES string of the molecule is CN(CCCCCN)S(=O)(=O)c1ccccc1F. The molecule has 4 nitrogen and oxygen atoms in total. The van der Waals surface area contributed by atoms with Gasteiger partial charge in [-0.2, -0.15) is 0 Å². The van der Waals surface area contributed by atoms with Gasteiger partial charge in [-0.15, -0.1) is 0 Å². The predicted molar refractivity (Wildman–Crippen MR) is 69.1 cm³/mol. The second kappa shape index (κ2) is 6.82. The van der Waals surface area contributed by atoms with E-state index in [1.54, 1.807) is 0 Å². The number of halogens is 1. The maximum Gasteiger partial charge on any atom is 0.245 e. The van der Waals surface area contributed by atoms with Gasteiger partial charge in [-0.1, -0.05) is 18.6 Å². The highest BCUT2D eigenvalue weighted by Gasteiger charge is 2.23. The molecule has 0 heterocycles. The van der Waals surface area contributed by atoms with Gasteiger partial charge in [0.05, 0.1) is 0 Å². The zero-order valence-corrected chi connectivity index (χ0v) is 11.3. The smallest absolute Gasteiger partial charge is 0.245 e. The molecule has 0 saturated carbocycles. The Kier molecular flexibility index (Phi) is 5.71. The van der Waals surface area contributed by atoms with E-state index < -0.39 is 15.8 Å². The summed E-state index contributed by atoms with van der Waals surface area (Å²) in [5, 5.41) is 0. The van der Waals surface area contributed by atoms with Crippen LogP contribution in [0.25, 0.3) is 0 Å². The van der Waals surface area contributed by atoms with Crippen molar-refractivity contribution in [2.24, 2.45) is 5.73 Å². The van der Waals surface area contributed by atoms with Crippen LogP contribution in [-0.4, -0.2) is 32.9 Å². The summed E-state index contributed by atoms with van der Waals surface area (Å²) in [6.45, 7) is 0.973. The fraction of sp³-hybridized carbons (Fsp3) is 0.500. The van der Waals surface area contributed by atoms with Crippen LogP contribution >= 0.6 is 0 Å². The molecule has 0 atom stereocenters. The van der Waals surface area contributed by atoms with Crippen molar-refractivity contribution in [3.05, 3.63) is 30.1 Å². The first-order chi connectivity index (χ1) is 8.50. The summed E-state index contributed by atoms with van der Waals surface area (Å²) in [4.78, 5) is -0.272. The minimum atomic E-state index is -3.73. The van der Waals surface area contributed by atoms with Crippen LogP contribution in [0, 0.1) is 5.82 Å². The van der Waals surface area contributed by atoms with E-state index in [4.69, 9.17) is 5.73 Å². The van der Waals surface area contributed by atoms with E-state index in [2.05, 4.69) is 0 Å². The molecular weight excluding hydrogens is 255 g/mol. The Hall–Kier alpha value is -0.980. The lowest BCUT2D eigenvalue weighted by molar-refractivity contribution is 0.447. The van der Waals surface area contributed by atoms with Crippen molar-refractivity contribution in [3.8, 4) is 0 Å². The average molecular weight is 274 g/mol. The van der Waals surface area contributed by atoms with Crippen molar-refractivity contribution in [1.29, 1.82) is 0 Å². The zero-order valence-electron chi connectivity index (χ0n) is 10.5. The van der Waals surface area contributed by atoms with Crippen LogP contribution in [0.4, 0.5) is 4.39 Å². The van der Waals surface area contributed by atoms with Crippen LogP contribution in [0.2, 0.25) is 0 Å². The molecule has 0 amide bonds. The highest BCUT2D eigenvalue weighted by atomic mass is 32.2. The van der Waals surface area contributed by atoms with Crippen molar-refractivity contribution in [1.82, 2.24) is 4.31 Å². The monoisotopic (exact) mass is 274 g/mol. The number of benzene rings is 1. The molecule has 0 aromatic heterocycles. The normalized spacial score (nSPS) is 12.0. The second-order valence-corrected chi connectivity index (χ2v) is 6.12. The first-order valence-electron chi connectivity index (χ1n) is 5.91. The molecule has 0 spiro atoms. The molecule has 0 aliphatic heterocycles. The van der Waals surface area contributed by atoms with Crippen LogP contribution in [0.3, 0.4) is 0 Å². The number of sulfonamides is 1. The average Bonchev–Trinajstić information content (AvgIpc) is 2.34. The minimum Gasteiger partial charge on any atom is -0.330 e. The minimum absolute atomic E-state index is 0.272. The maximum atomic E-state index is 13.5. The number of nitrogens with zero attached hydrogens (tertiary/aromatic N) is 1. The summed E-state index contributed by atoms with van der Waals surface area (Å²) in [6, 6.07) is 5.41. The van der Waals surface area contributed by atoms with Gasteiger partial charge < -0.3 is 5.73 Å². The lowest BCUT2D eigenvalue weighted by atomic mass is 10.2. The lowest BCUT2D eigenvalue weighted by Gasteiger charge is -2.17. The van der Waals surface area contributed by atoms with Gasteiger partial charge in [0.15, 0.2) is 0 Å². The molecule has 18 heavy (non-hydrogen) atoms. The molecule has 0 aliphatic rings. The molecule has 0 bridgehead atoms. The number of rotatable bonds is 7.